The van der Waals surface area contributed by atoms with Crippen LogP contribution < -0.4 is 25.5 Å². The van der Waals surface area contributed by atoms with Gasteiger partial charge in [0.15, 0.2) is 8.07 Å². The predicted octanol–water partition coefficient (Wildman–Crippen LogP) is 9.94. The average Bonchev–Trinajstić information content (AvgIpc) is 3.92. The highest BCUT2D eigenvalue weighted by molar-refractivity contribution is 7.20. The Morgan fingerprint density at radius 2 is 1.19 bits per heavy atom. The van der Waals surface area contributed by atoms with Crippen LogP contribution in [-0.4, -0.2) is 27.0 Å². The fraction of sp³-hybridized carbons (Fsp3) is 0.0566. The minimum atomic E-state index is -3.01. The van der Waals surface area contributed by atoms with Gasteiger partial charge in [0, 0.05) is 62.4 Å². The van der Waals surface area contributed by atoms with E-state index >= 15 is 0 Å². The molecule has 11 aromatic rings. The lowest BCUT2D eigenvalue weighted by Gasteiger charge is -2.35. The molecule has 280 valence electrons. The van der Waals surface area contributed by atoms with Crippen LogP contribution in [0.15, 0.2) is 195 Å². The zero-order valence-electron chi connectivity index (χ0n) is 32.7. The molecular formula is C53H38N4OSi. The van der Waals surface area contributed by atoms with Crippen molar-refractivity contribution in [1.82, 2.24) is 18.9 Å². The number of hydrogen-bond donors (Lipinski definition) is 0. The molecule has 6 heteroatoms. The van der Waals surface area contributed by atoms with Crippen molar-refractivity contribution in [3.05, 3.63) is 206 Å². The lowest BCUT2D eigenvalue weighted by Crippen LogP contribution is -2.74. The summed E-state index contributed by atoms with van der Waals surface area (Å²) in [6.45, 7) is 4.63. The van der Waals surface area contributed by atoms with Gasteiger partial charge in [-0.1, -0.05) is 141 Å². The minimum absolute atomic E-state index is 0.301. The van der Waals surface area contributed by atoms with E-state index in [1.807, 2.05) is 18.5 Å². The molecule has 0 saturated carbocycles. The van der Waals surface area contributed by atoms with Crippen LogP contribution >= 0.6 is 0 Å². The quantitative estimate of drug-likeness (QED) is 0.0994. The maximum absolute atomic E-state index is 6.64. The van der Waals surface area contributed by atoms with Gasteiger partial charge in [-0.25, -0.2) is 9.97 Å². The smallest absolute Gasteiger partial charge is 0.179 e. The molecule has 0 fully saturated rings. The number of benzene rings is 7. The summed E-state index contributed by atoms with van der Waals surface area (Å²) in [5.41, 5.74) is 7.30. The van der Waals surface area contributed by atoms with E-state index in [9.17, 15) is 0 Å². The van der Waals surface area contributed by atoms with E-state index in [0.717, 1.165) is 50.3 Å². The summed E-state index contributed by atoms with van der Waals surface area (Å²) in [7, 11) is -3.01. The molecule has 0 saturated heterocycles. The van der Waals surface area contributed by atoms with Crippen molar-refractivity contribution in [3.8, 4) is 17.2 Å². The van der Waals surface area contributed by atoms with E-state index < -0.39 is 8.07 Å². The van der Waals surface area contributed by atoms with Crippen LogP contribution in [0.25, 0.3) is 54.9 Å². The van der Waals surface area contributed by atoms with Gasteiger partial charge in [0.25, 0.3) is 0 Å². The number of aromatic nitrogens is 4. The fourth-order valence-electron chi connectivity index (χ4n) is 10.3. The first-order chi connectivity index (χ1) is 29.0. The minimum Gasteiger partial charge on any atom is -0.457 e. The van der Waals surface area contributed by atoms with Gasteiger partial charge in [-0.2, -0.15) is 0 Å². The van der Waals surface area contributed by atoms with Gasteiger partial charge in [-0.15, -0.1) is 0 Å². The van der Waals surface area contributed by atoms with E-state index in [2.05, 4.69) is 199 Å². The van der Waals surface area contributed by atoms with Gasteiger partial charge in [-0.3, -0.25) is 8.97 Å². The topological polar surface area (TPSA) is 44.4 Å². The predicted molar refractivity (Wildman–Crippen MR) is 245 cm³/mol. The number of rotatable bonds is 5. The second-order valence-corrected chi connectivity index (χ2v) is 20.0. The third kappa shape index (κ3) is 4.72. The molecule has 12 rings (SSSR count). The second kappa shape index (κ2) is 12.6. The number of imidazole rings is 1. The normalized spacial score (nSPS) is 13.5. The number of para-hydroxylation sites is 2. The molecule has 0 N–H and O–H groups in total. The zero-order chi connectivity index (χ0) is 39.3. The van der Waals surface area contributed by atoms with Crippen LogP contribution in [0.5, 0.6) is 11.5 Å². The van der Waals surface area contributed by atoms with Crippen LogP contribution in [0.2, 0.25) is 0 Å². The van der Waals surface area contributed by atoms with E-state index in [0.29, 0.717) is 0 Å². The van der Waals surface area contributed by atoms with Crippen molar-refractivity contribution in [3.63, 3.8) is 0 Å². The highest BCUT2D eigenvalue weighted by Gasteiger charge is 2.42. The SMILES string of the molecule is CC1(C)c2ccccc2Oc2ccc3c(c21)c1cccnc1n3-c1cccc([Si](c2ccccc2)(c2ccccc2)c2ccc3c4ccccc4n4ccnc4c3c2)c1. The molecule has 0 aliphatic carbocycles. The Kier molecular flexibility index (Phi) is 7.23. The monoisotopic (exact) mass is 774 g/mol. The van der Waals surface area contributed by atoms with Crippen molar-refractivity contribution in [2.24, 2.45) is 0 Å². The molecule has 5 heterocycles. The van der Waals surface area contributed by atoms with Crippen LogP contribution in [0, 0.1) is 0 Å². The van der Waals surface area contributed by atoms with Crippen molar-refractivity contribution >= 4 is 78.1 Å². The number of hydrogen-bond acceptors (Lipinski definition) is 3. The van der Waals surface area contributed by atoms with Gasteiger partial charge in [0.05, 0.1) is 11.0 Å². The van der Waals surface area contributed by atoms with E-state index in [4.69, 9.17) is 14.7 Å². The zero-order valence-corrected chi connectivity index (χ0v) is 33.7. The van der Waals surface area contributed by atoms with Crippen molar-refractivity contribution in [2.75, 3.05) is 0 Å². The molecule has 0 amide bonds. The molecule has 59 heavy (non-hydrogen) atoms. The fourth-order valence-corrected chi connectivity index (χ4v) is 15.1. The van der Waals surface area contributed by atoms with Crippen LogP contribution in [0.3, 0.4) is 0 Å². The highest BCUT2D eigenvalue weighted by atomic mass is 28.3. The molecule has 1 aliphatic heterocycles. The largest absolute Gasteiger partial charge is 0.457 e. The third-order valence-corrected chi connectivity index (χ3v) is 17.6. The standard InChI is InChI=1S/C53H38N4OSi/c1-53(2)44-23-10-12-25-47(44)58-48-29-28-46-49(50(48)53)42-22-14-30-54-52(42)57(46)35-15-13-20-38(33-35)59(36-16-5-3-6-17-36,37-18-7-4-8-19-37)39-26-27-40-41-21-9-11-24-45(41)56-32-31-55-51(56)43(40)34-39/h3-34H,1-2H3. The molecule has 0 radical (unpaired) electrons. The molecule has 0 bridgehead atoms. The number of fused-ring (bicyclic) bond motifs is 12. The summed E-state index contributed by atoms with van der Waals surface area (Å²) in [6.07, 6.45) is 5.90. The summed E-state index contributed by atoms with van der Waals surface area (Å²) in [5.74, 6) is 1.81. The first kappa shape index (κ1) is 33.8. The Hall–Kier alpha value is -7.28. The Balaban J connectivity index is 1.16. The summed E-state index contributed by atoms with van der Waals surface area (Å²) < 4.78 is 11.2. The van der Waals surface area contributed by atoms with Gasteiger partial charge in [0.2, 0.25) is 0 Å². The van der Waals surface area contributed by atoms with Crippen LogP contribution in [0.1, 0.15) is 25.0 Å². The lowest BCUT2D eigenvalue weighted by molar-refractivity contribution is 0.420. The molecule has 0 unspecified atom stereocenters. The van der Waals surface area contributed by atoms with Gasteiger partial charge >= 0.3 is 0 Å². The third-order valence-electron chi connectivity index (χ3n) is 12.8. The Morgan fingerprint density at radius 3 is 2.02 bits per heavy atom. The van der Waals surface area contributed by atoms with Crippen LogP contribution in [-0.2, 0) is 5.41 Å². The molecule has 0 atom stereocenters. The molecular weight excluding hydrogens is 737 g/mol. The average molecular weight is 775 g/mol. The highest BCUT2D eigenvalue weighted by Crippen LogP contribution is 2.52. The first-order valence-corrected chi connectivity index (χ1v) is 22.2. The van der Waals surface area contributed by atoms with Gasteiger partial charge < -0.3 is 4.74 Å². The van der Waals surface area contributed by atoms with Crippen molar-refractivity contribution in [1.29, 1.82) is 0 Å². The Morgan fingerprint density at radius 1 is 0.492 bits per heavy atom. The van der Waals surface area contributed by atoms with E-state index in [1.165, 1.54) is 48.0 Å². The maximum atomic E-state index is 6.64. The van der Waals surface area contributed by atoms with E-state index in [-0.39, 0.29) is 5.41 Å². The molecule has 7 aromatic carbocycles. The van der Waals surface area contributed by atoms with Gasteiger partial charge in [-0.05, 0) is 74.7 Å². The van der Waals surface area contributed by atoms with Crippen molar-refractivity contribution < 1.29 is 4.74 Å². The van der Waals surface area contributed by atoms with Gasteiger partial charge in [0.1, 0.15) is 22.8 Å². The number of ether oxygens (including phenoxy) is 1. The van der Waals surface area contributed by atoms with Crippen LogP contribution in [0.4, 0.5) is 0 Å². The number of pyridine rings is 2. The Labute approximate surface area is 342 Å². The van der Waals surface area contributed by atoms with Crippen molar-refractivity contribution in [2.45, 2.75) is 19.3 Å². The molecule has 0 spiro atoms. The summed E-state index contributed by atoms with van der Waals surface area (Å²) in [6, 6.07) is 64.4. The summed E-state index contributed by atoms with van der Waals surface area (Å²) in [5, 5.41) is 11.1. The number of nitrogens with zero attached hydrogens (tertiary/aromatic N) is 4. The molecule has 4 aromatic heterocycles. The summed E-state index contributed by atoms with van der Waals surface area (Å²) >= 11 is 0. The molecule has 1 aliphatic rings. The molecule has 5 nitrogen and oxygen atoms in total. The summed E-state index contributed by atoms with van der Waals surface area (Å²) in [4.78, 5) is 10.1. The Bertz CT molecular complexity index is 3420. The van der Waals surface area contributed by atoms with E-state index in [1.54, 1.807) is 0 Å². The maximum Gasteiger partial charge on any atom is 0.179 e. The first-order valence-electron chi connectivity index (χ1n) is 20.2. The lowest BCUT2D eigenvalue weighted by atomic mass is 9.74. The second-order valence-electron chi connectivity index (χ2n) is 16.2.